The second-order valence-electron chi connectivity index (χ2n) is 3.76. The highest BCUT2D eigenvalue weighted by atomic mass is 15.3. The summed E-state index contributed by atoms with van der Waals surface area (Å²) in [6, 6.07) is 8.37. The van der Waals surface area contributed by atoms with Gasteiger partial charge in [0, 0.05) is 17.8 Å². The molecule has 0 saturated heterocycles. The van der Waals surface area contributed by atoms with E-state index in [2.05, 4.69) is 46.4 Å². The van der Waals surface area contributed by atoms with Crippen LogP contribution in [0.15, 0.2) is 29.3 Å². The Balaban J connectivity index is 2.15. The highest BCUT2D eigenvalue weighted by Gasteiger charge is 2.29. The van der Waals surface area contributed by atoms with E-state index in [1.54, 1.807) is 0 Å². The van der Waals surface area contributed by atoms with Crippen LogP contribution >= 0.6 is 0 Å². The highest BCUT2D eigenvalue weighted by Crippen LogP contribution is 2.27. The van der Waals surface area contributed by atoms with Gasteiger partial charge in [0.15, 0.2) is 0 Å². The Hall–Kier alpha value is -1.51. The predicted octanol–water partition coefficient (Wildman–Crippen LogP) is 1.52. The second-order valence-corrected chi connectivity index (χ2v) is 3.76. The first-order valence-electron chi connectivity index (χ1n) is 5.03. The molecule has 3 heteroatoms. The number of hydrogen-bond acceptors (Lipinski definition) is 3. The summed E-state index contributed by atoms with van der Waals surface area (Å²) in [4.78, 5) is 6.87. The topological polar surface area (TPSA) is 27.6 Å². The highest BCUT2D eigenvalue weighted by molar-refractivity contribution is 6.06. The summed E-state index contributed by atoms with van der Waals surface area (Å²) in [5, 5.41) is 3.48. The van der Waals surface area contributed by atoms with E-state index in [1.165, 1.54) is 11.3 Å². The van der Waals surface area contributed by atoms with Crippen molar-refractivity contribution in [2.45, 2.75) is 13.1 Å². The Morgan fingerprint density at radius 2 is 2.29 bits per heavy atom. The maximum Gasteiger partial charge on any atom is 0.134 e. The number of benzene rings is 1. The summed E-state index contributed by atoms with van der Waals surface area (Å²) in [5.41, 5.74) is 2.44. The quantitative estimate of drug-likeness (QED) is 0.667. The van der Waals surface area contributed by atoms with Crippen molar-refractivity contribution in [1.82, 2.24) is 4.90 Å². The van der Waals surface area contributed by atoms with Gasteiger partial charge in [0.1, 0.15) is 5.84 Å². The van der Waals surface area contributed by atoms with Crippen LogP contribution in [0, 0.1) is 0 Å². The lowest BCUT2D eigenvalue weighted by Crippen LogP contribution is -2.45. The number of aliphatic imine (C=N–C) groups is 1. The van der Waals surface area contributed by atoms with Crippen molar-refractivity contribution >= 4 is 11.5 Å². The predicted molar refractivity (Wildman–Crippen MR) is 57.6 cm³/mol. The molecule has 0 amide bonds. The minimum atomic E-state index is 0.367. The van der Waals surface area contributed by atoms with E-state index >= 15 is 0 Å². The van der Waals surface area contributed by atoms with Crippen LogP contribution in [0.25, 0.3) is 0 Å². The number of anilines is 1. The largest absolute Gasteiger partial charge is 0.365 e. The zero-order valence-corrected chi connectivity index (χ0v) is 8.20. The van der Waals surface area contributed by atoms with Gasteiger partial charge in [-0.15, -0.1) is 0 Å². The van der Waals surface area contributed by atoms with Gasteiger partial charge in [-0.05, 0) is 19.1 Å². The summed E-state index contributed by atoms with van der Waals surface area (Å²) in [7, 11) is 0. The monoisotopic (exact) mass is 187 g/mol. The second kappa shape index (κ2) is 2.74. The molecule has 14 heavy (non-hydrogen) atoms. The number of amidine groups is 1. The zero-order valence-electron chi connectivity index (χ0n) is 8.20. The van der Waals surface area contributed by atoms with E-state index in [0.29, 0.717) is 6.17 Å². The molecule has 0 aromatic heterocycles. The van der Waals surface area contributed by atoms with Gasteiger partial charge in [0.25, 0.3) is 0 Å². The van der Waals surface area contributed by atoms with Crippen LogP contribution in [0.2, 0.25) is 0 Å². The van der Waals surface area contributed by atoms with E-state index in [1.807, 2.05) is 0 Å². The van der Waals surface area contributed by atoms with E-state index in [9.17, 15) is 0 Å². The molecule has 0 spiro atoms. The normalized spacial score (nSPS) is 23.6. The Bertz CT molecular complexity index is 397. The molecule has 72 valence electrons. The molecular weight excluding hydrogens is 174 g/mol. The van der Waals surface area contributed by atoms with Crippen molar-refractivity contribution in [1.29, 1.82) is 0 Å². The molecule has 1 atom stereocenters. The van der Waals surface area contributed by atoms with Crippen LogP contribution in [0.5, 0.6) is 0 Å². The molecule has 2 aliphatic heterocycles. The average molecular weight is 187 g/mol. The molecule has 3 nitrogen and oxygen atoms in total. The van der Waals surface area contributed by atoms with Gasteiger partial charge >= 0.3 is 0 Å². The fourth-order valence-electron chi connectivity index (χ4n) is 2.18. The third-order valence-corrected chi connectivity index (χ3v) is 2.87. The molecule has 0 bridgehead atoms. The maximum atomic E-state index is 4.55. The molecule has 1 N–H and O–H groups in total. The van der Waals surface area contributed by atoms with E-state index in [4.69, 9.17) is 0 Å². The van der Waals surface area contributed by atoms with E-state index in [-0.39, 0.29) is 0 Å². The molecule has 2 heterocycles. The van der Waals surface area contributed by atoms with Crippen LogP contribution in [0.1, 0.15) is 12.5 Å². The van der Waals surface area contributed by atoms with Crippen LogP contribution in [0.3, 0.4) is 0 Å². The molecule has 2 aliphatic rings. The SMILES string of the molecule is CC1Nc2ccccc2C2=NCCN21. The molecular formula is C11H13N3. The lowest BCUT2D eigenvalue weighted by molar-refractivity contribution is 0.384. The first-order valence-corrected chi connectivity index (χ1v) is 5.03. The van der Waals surface area contributed by atoms with Gasteiger partial charge in [-0.25, -0.2) is 0 Å². The summed E-state index contributed by atoms with van der Waals surface area (Å²) in [6.07, 6.45) is 0.367. The van der Waals surface area contributed by atoms with Crippen LogP contribution in [-0.2, 0) is 0 Å². The van der Waals surface area contributed by atoms with Crippen molar-refractivity contribution in [3.05, 3.63) is 29.8 Å². The summed E-state index contributed by atoms with van der Waals surface area (Å²) in [5.74, 6) is 1.16. The molecule has 1 unspecified atom stereocenters. The third kappa shape index (κ3) is 0.953. The maximum absolute atomic E-state index is 4.55. The number of hydrogen-bond donors (Lipinski definition) is 1. The van der Waals surface area contributed by atoms with Crippen molar-refractivity contribution in [2.24, 2.45) is 4.99 Å². The first kappa shape index (κ1) is 7.85. The third-order valence-electron chi connectivity index (χ3n) is 2.87. The summed E-state index contributed by atoms with van der Waals surface area (Å²) < 4.78 is 0. The van der Waals surface area contributed by atoms with Crippen molar-refractivity contribution in [3.8, 4) is 0 Å². The molecule has 1 aromatic carbocycles. The minimum absolute atomic E-state index is 0.367. The average Bonchev–Trinajstić information content (AvgIpc) is 2.67. The fourth-order valence-corrected chi connectivity index (χ4v) is 2.18. The Morgan fingerprint density at radius 3 is 3.21 bits per heavy atom. The van der Waals surface area contributed by atoms with Gasteiger partial charge in [-0.2, -0.15) is 0 Å². The van der Waals surface area contributed by atoms with Crippen molar-refractivity contribution in [3.63, 3.8) is 0 Å². The number of fused-ring (bicyclic) bond motifs is 3. The van der Waals surface area contributed by atoms with E-state index in [0.717, 1.165) is 18.9 Å². The lowest BCUT2D eigenvalue weighted by Gasteiger charge is -2.35. The number of rotatable bonds is 0. The van der Waals surface area contributed by atoms with Crippen LogP contribution in [-0.4, -0.2) is 30.0 Å². The lowest BCUT2D eigenvalue weighted by atomic mass is 10.1. The Morgan fingerprint density at radius 1 is 1.43 bits per heavy atom. The molecule has 1 aromatic rings. The molecule has 0 fully saturated rings. The van der Waals surface area contributed by atoms with Gasteiger partial charge in [0.05, 0.1) is 12.7 Å². The molecule has 0 saturated carbocycles. The van der Waals surface area contributed by atoms with Crippen molar-refractivity contribution < 1.29 is 0 Å². The Labute approximate surface area is 83.4 Å². The molecule has 0 aliphatic carbocycles. The van der Waals surface area contributed by atoms with Gasteiger partial charge < -0.3 is 10.2 Å². The van der Waals surface area contributed by atoms with Crippen LogP contribution in [0.4, 0.5) is 5.69 Å². The zero-order chi connectivity index (χ0) is 9.54. The number of nitrogens with one attached hydrogen (secondary N) is 1. The summed E-state index contributed by atoms with van der Waals surface area (Å²) in [6.45, 7) is 4.14. The van der Waals surface area contributed by atoms with Gasteiger partial charge in [0.2, 0.25) is 0 Å². The van der Waals surface area contributed by atoms with Crippen LogP contribution < -0.4 is 5.32 Å². The first-order chi connectivity index (χ1) is 6.86. The molecule has 3 rings (SSSR count). The van der Waals surface area contributed by atoms with E-state index < -0.39 is 0 Å². The Kier molecular flexibility index (Phi) is 1.54. The standard InChI is InChI=1S/C11H13N3/c1-8-13-10-5-3-2-4-9(10)11-12-6-7-14(8)11/h2-5,8,13H,6-7H2,1H3. The van der Waals surface area contributed by atoms with Crippen molar-refractivity contribution in [2.75, 3.05) is 18.4 Å². The van der Waals surface area contributed by atoms with Gasteiger partial charge in [-0.1, -0.05) is 12.1 Å². The number of para-hydroxylation sites is 1. The minimum Gasteiger partial charge on any atom is -0.365 e. The smallest absolute Gasteiger partial charge is 0.134 e. The summed E-state index contributed by atoms with van der Waals surface area (Å²) >= 11 is 0. The molecule has 0 radical (unpaired) electrons. The fraction of sp³-hybridized carbons (Fsp3) is 0.364. The van der Waals surface area contributed by atoms with Gasteiger partial charge in [-0.3, -0.25) is 4.99 Å². The number of nitrogens with zero attached hydrogens (tertiary/aromatic N) is 2.